The second kappa shape index (κ2) is 10.2. The Labute approximate surface area is 170 Å². The summed E-state index contributed by atoms with van der Waals surface area (Å²) in [6.07, 6.45) is -0.110. The Morgan fingerprint density at radius 3 is 2.28 bits per heavy atom. The highest BCUT2D eigenvalue weighted by molar-refractivity contribution is 7.89. The predicted octanol–water partition coefficient (Wildman–Crippen LogP) is 2.99. The summed E-state index contributed by atoms with van der Waals surface area (Å²) in [6.45, 7) is 1.78. The number of benzene rings is 2. The number of nitrogens with zero attached hydrogens (tertiary/aromatic N) is 1. The third kappa shape index (κ3) is 5.91. The van der Waals surface area contributed by atoms with E-state index in [0.29, 0.717) is 17.1 Å². The maximum absolute atomic E-state index is 13.2. The maximum atomic E-state index is 13.2. The molecular weight excluding hydrogens is 401 g/mol. The van der Waals surface area contributed by atoms with Gasteiger partial charge in [-0.25, -0.2) is 12.8 Å². The number of rotatable bonds is 10. The van der Waals surface area contributed by atoms with E-state index in [-0.39, 0.29) is 31.0 Å². The van der Waals surface area contributed by atoms with Gasteiger partial charge in [-0.05, 0) is 48.9 Å². The van der Waals surface area contributed by atoms with Gasteiger partial charge in [-0.2, -0.15) is 4.31 Å². The summed E-state index contributed by atoms with van der Waals surface area (Å²) in [5.74, 6) is -0.0775. The van der Waals surface area contributed by atoms with Gasteiger partial charge in [-0.3, -0.25) is 4.79 Å². The van der Waals surface area contributed by atoms with Crippen molar-refractivity contribution in [3.8, 4) is 11.5 Å². The standard InChI is InChI=1S/C20H24FNO6S/c1-4-28-20(23)11-12-22(29(24,25)17-8-6-16(21)7-9-17)14-15-5-10-18(26-2)19(13-15)27-3/h5-10,13H,4,11-12,14H2,1-3H3. The van der Waals surface area contributed by atoms with Crippen LogP contribution in [0.5, 0.6) is 11.5 Å². The van der Waals surface area contributed by atoms with Gasteiger partial charge in [0.05, 0.1) is 32.1 Å². The SMILES string of the molecule is CCOC(=O)CCN(Cc1ccc(OC)c(OC)c1)S(=O)(=O)c1ccc(F)cc1. The van der Waals surface area contributed by atoms with Crippen molar-refractivity contribution in [1.29, 1.82) is 0 Å². The van der Waals surface area contributed by atoms with E-state index >= 15 is 0 Å². The molecule has 0 heterocycles. The van der Waals surface area contributed by atoms with Crippen LogP contribution in [0.1, 0.15) is 18.9 Å². The topological polar surface area (TPSA) is 82.1 Å². The molecule has 2 aromatic carbocycles. The normalized spacial score (nSPS) is 11.3. The van der Waals surface area contributed by atoms with Crippen LogP contribution >= 0.6 is 0 Å². The van der Waals surface area contributed by atoms with Crippen molar-refractivity contribution in [3.05, 3.63) is 53.8 Å². The number of sulfonamides is 1. The lowest BCUT2D eigenvalue weighted by atomic mass is 10.2. The highest BCUT2D eigenvalue weighted by atomic mass is 32.2. The zero-order valence-electron chi connectivity index (χ0n) is 16.6. The van der Waals surface area contributed by atoms with Crippen LogP contribution in [0.15, 0.2) is 47.4 Å². The molecule has 29 heavy (non-hydrogen) atoms. The van der Waals surface area contributed by atoms with Gasteiger partial charge in [0.15, 0.2) is 11.5 Å². The molecule has 0 saturated heterocycles. The molecule has 0 spiro atoms. The van der Waals surface area contributed by atoms with E-state index in [9.17, 15) is 17.6 Å². The molecule has 0 aliphatic carbocycles. The Bertz CT molecular complexity index is 930. The third-order valence-corrected chi connectivity index (χ3v) is 5.99. The molecule has 0 fully saturated rings. The molecule has 0 atom stereocenters. The molecule has 2 aromatic rings. The molecule has 158 valence electrons. The Morgan fingerprint density at radius 2 is 1.69 bits per heavy atom. The maximum Gasteiger partial charge on any atom is 0.307 e. The van der Waals surface area contributed by atoms with Gasteiger partial charge in [-0.1, -0.05) is 6.07 Å². The molecule has 0 bridgehead atoms. The van der Waals surface area contributed by atoms with Crippen LogP contribution in [0, 0.1) is 5.82 Å². The van der Waals surface area contributed by atoms with E-state index in [2.05, 4.69) is 0 Å². The number of carbonyl (C=O) groups is 1. The van der Waals surface area contributed by atoms with E-state index in [0.717, 1.165) is 16.4 Å². The van der Waals surface area contributed by atoms with Crippen molar-refractivity contribution in [2.75, 3.05) is 27.4 Å². The molecule has 0 saturated carbocycles. The van der Waals surface area contributed by atoms with Crippen LogP contribution < -0.4 is 9.47 Å². The van der Waals surface area contributed by atoms with Gasteiger partial charge in [-0.15, -0.1) is 0 Å². The Morgan fingerprint density at radius 1 is 1.03 bits per heavy atom. The fraction of sp³-hybridized carbons (Fsp3) is 0.350. The molecule has 2 rings (SSSR count). The van der Waals surface area contributed by atoms with Gasteiger partial charge in [0.2, 0.25) is 10.0 Å². The Balaban J connectivity index is 2.34. The summed E-state index contributed by atoms with van der Waals surface area (Å²) in [5, 5.41) is 0. The lowest BCUT2D eigenvalue weighted by Gasteiger charge is -2.22. The fourth-order valence-corrected chi connectivity index (χ4v) is 4.10. The summed E-state index contributed by atoms with van der Waals surface area (Å²) >= 11 is 0. The number of methoxy groups -OCH3 is 2. The first-order valence-electron chi connectivity index (χ1n) is 8.94. The Hall–Kier alpha value is -2.65. The van der Waals surface area contributed by atoms with Crippen LogP contribution in [-0.2, 0) is 26.1 Å². The largest absolute Gasteiger partial charge is 0.493 e. The van der Waals surface area contributed by atoms with Gasteiger partial charge in [0.25, 0.3) is 0 Å². The Kier molecular flexibility index (Phi) is 7.98. The van der Waals surface area contributed by atoms with Crippen molar-refractivity contribution >= 4 is 16.0 Å². The average molecular weight is 425 g/mol. The summed E-state index contributed by atoms with van der Waals surface area (Å²) in [5.41, 5.74) is 0.636. The molecule has 9 heteroatoms. The minimum absolute atomic E-state index is 0.0144. The quantitative estimate of drug-likeness (QED) is 0.545. The highest BCUT2D eigenvalue weighted by Gasteiger charge is 2.26. The van der Waals surface area contributed by atoms with Gasteiger partial charge in [0.1, 0.15) is 5.82 Å². The van der Waals surface area contributed by atoms with Crippen molar-refractivity contribution in [2.24, 2.45) is 0 Å². The van der Waals surface area contributed by atoms with Crippen LogP contribution in [0.25, 0.3) is 0 Å². The molecular formula is C20H24FNO6S. The first-order chi connectivity index (χ1) is 13.8. The molecule has 0 radical (unpaired) electrons. The number of hydrogen-bond acceptors (Lipinski definition) is 6. The summed E-state index contributed by atoms with van der Waals surface area (Å²) in [6, 6.07) is 9.57. The van der Waals surface area contributed by atoms with E-state index in [1.807, 2.05) is 0 Å². The van der Waals surface area contributed by atoms with E-state index in [1.165, 1.54) is 26.4 Å². The molecule has 0 aromatic heterocycles. The van der Waals surface area contributed by atoms with Gasteiger partial charge >= 0.3 is 5.97 Å². The van der Waals surface area contributed by atoms with Crippen molar-refractivity contribution in [3.63, 3.8) is 0 Å². The second-order valence-electron chi connectivity index (χ2n) is 6.04. The van der Waals surface area contributed by atoms with E-state index in [4.69, 9.17) is 14.2 Å². The third-order valence-electron chi connectivity index (χ3n) is 4.13. The number of ether oxygens (including phenoxy) is 3. The summed E-state index contributed by atoms with van der Waals surface area (Å²) in [7, 11) is -0.991. The van der Waals surface area contributed by atoms with Gasteiger partial charge < -0.3 is 14.2 Å². The van der Waals surface area contributed by atoms with Crippen LogP contribution in [-0.4, -0.2) is 46.1 Å². The molecule has 0 aliphatic heterocycles. The average Bonchev–Trinajstić information content (AvgIpc) is 2.71. The first kappa shape index (κ1) is 22.6. The number of halogens is 1. The first-order valence-corrected chi connectivity index (χ1v) is 10.4. The van der Waals surface area contributed by atoms with Crippen molar-refractivity contribution in [2.45, 2.75) is 24.8 Å². The molecule has 0 amide bonds. The van der Waals surface area contributed by atoms with Gasteiger partial charge in [0, 0.05) is 13.1 Å². The molecule has 7 nitrogen and oxygen atoms in total. The van der Waals surface area contributed by atoms with Crippen molar-refractivity contribution in [1.82, 2.24) is 4.31 Å². The molecule has 0 aliphatic rings. The van der Waals surface area contributed by atoms with E-state index < -0.39 is 21.8 Å². The van der Waals surface area contributed by atoms with Crippen LogP contribution in [0.4, 0.5) is 4.39 Å². The minimum atomic E-state index is -3.98. The van der Waals surface area contributed by atoms with Crippen molar-refractivity contribution < 1.29 is 31.8 Å². The lowest BCUT2D eigenvalue weighted by Crippen LogP contribution is -2.33. The monoisotopic (exact) mass is 425 g/mol. The predicted molar refractivity (Wildman–Crippen MR) is 105 cm³/mol. The van der Waals surface area contributed by atoms with E-state index in [1.54, 1.807) is 25.1 Å². The van der Waals surface area contributed by atoms with Crippen LogP contribution in [0.2, 0.25) is 0 Å². The molecule has 0 unspecified atom stereocenters. The lowest BCUT2D eigenvalue weighted by molar-refractivity contribution is -0.143. The summed E-state index contributed by atoms with van der Waals surface area (Å²) < 4.78 is 55.9. The second-order valence-corrected chi connectivity index (χ2v) is 7.97. The highest BCUT2D eigenvalue weighted by Crippen LogP contribution is 2.29. The fourth-order valence-electron chi connectivity index (χ4n) is 2.67. The van der Waals surface area contributed by atoms with Crippen LogP contribution in [0.3, 0.4) is 0 Å². The zero-order valence-corrected chi connectivity index (χ0v) is 17.4. The molecule has 0 N–H and O–H groups in total. The smallest absolute Gasteiger partial charge is 0.307 e. The zero-order chi connectivity index (χ0) is 21.4. The number of esters is 1. The number of carbonyl (C=O) groups excluding carboxylic acids is 1. The number of hydrogen-bond donors (Lipinski definition) is 0. The minimum Gasteiger partial charge on any atom is -0.493 e. The summed E-state index contributed by atoms with van der Waals surface area (Å²) in [4.78, 5) is 11.7.